The monoisotopic (exact) mass is 250 g/mol. The van der Waals surface area contributed by atoms with Gasteiger partial charge in [0.1, 0.15) is 6.10 Å². The summed E-state index contributed by atoms with van der Waals surface area (Å²) < 4.78 is 26.6. The molecule has 0 aromatic rings. The molecule has 1 saturated heterocycles. The smallest absolute Gasteiger partial charge is 0.104 e. The van der Waals surface area contributed by atoms with Gasteiger partial charge in [-0.1, -0.05) is 0 Å². The Morgan fingerprint density at radius 3 is 1.71 bits per heavy atom. The molecule has 102 valence electrons. The molecule has 0 bridgehead atoms. The highest BCUT2D eigenvalue weighted by atomic mass is 16.6. The fraction of sp³-hybridized carbons (Fsp3) is 1.00. The van der Waals surface area contributed by atoms with Crippen molar-refractivity contribution in [3.8, 4) is 0 Å². The largest absolute Gasteiger partial charge is 0.394 e. The molecule has 0 saturated carbocycles. The Kier molecular flexibility index (Phi) is 9.49. The van der Waals surface area contributed by atoms with E-state index in [-0.39, 0.29) is 12.7 Å². The zero-order valence-corrected chi connectivity index (χ0v) is 10.1. The molecule has 0 unspecified atom stereocenters. The lowest BCUT2D eigenvalue weighted by Crippen LogP contribution is -2.26. The number of hydrogen-bond donors (Lipinski definition) is 1. The minimum absolute atomic E-state index is 0.0516. The van der Waals surface area contributed by atoms with Crippen LogP contribution in [0.1, 0.15) is 0 Å². The van der Waals surface area contributed by atoms with Crippen LogP contribution in [0.4, 0.5) is 0 Å². The number of rotatable bonds is 1. The SMILES string of the molecule is OC[C@H]1COCCOCCOCCOCCO1. The zero-order valence-electron chi connectivity index (χ0n) is 10.1. The fourth-order valence-electron chi connectivity index (χ4n) is 1.30. The van der Waals surface area contributed by atoms with Crippen LogP contribution in [-0.2, 0) is 23.7 Å². The average molecular weight is 250 g/mol. The van der Waals surface area contributed by atoms with Crippen molar-refractivity contribution in [2.75, 3.05) is 66.1 Å². The maximum absolute atomic E-state index is 9.04. The van der Waals surface area contributed by atoms with Gasteiger partial charge in [-0.25, -0.2) is 0 Å². The Hall–Kier alpha value is -0.240. The van der Waals surface area contributed by atoms with E-state index < -0.39 is 0 Å². The predicted molar refractivity (Wildman–Crippen MR) is 60.1 cm³/mol. The van der Waals surface area contributed by atoms with Gasteiger partial charge in [-0.15, -0.1) is 0 Å². The molecule has 0 aromatic carbocycles. The van der Waals surface area contributed by atoms with Gasteiger partial charge in [-0.05, 0) is 0 Å². The molecular formula is C11H22O6. The lowest BCUT2D eigenvalue weighted by atomic mass is 10.4. The predicted octanol–water partition coefficient (Wildman–Crippen LogP) is -0.556. The van der Waals surface area contributed by atoms with Gasteiger partial charge in [-0.3, -0.25) is 0 Å². The second kappa shape index (κ2) is 10.9. The van der Waals surface area contributed by atoms with E-state index in [0.29, 0.717) is 59.5 Å². The number of aliphatic hydroxyl groups excluding tert-OH is 1. The van der Waals surface area contributed by atoms with Crippen LogP contribution < -0.4 is 0 Å². The summed E-state index contributed by atoms with van der Waals surface area (Å²) in [6.45, 7) is 4.52. The molecule has 6 heteroatoms. The maximum atomic E-state index is 9.04. The van der Waals surface area contributed by atoms with Crippen LogP contribution in [0, 0.1) is 0 Å². The van der Waals surface area contributed by atoms with Crippen LogP contribution in [0.15, 0.2) is 0 Å². The van der Waals surface area contributed by atoms with Gasteiger partial charge >= 0.3 is 0 Å². The molecule has 0 aromatic heterocycles. The number of hydrogen-bond acceptors (Lipinski definition) is 6. The first-order chi connectivity index (χ1) is 8.43. The first-order valence-electron chi connectivity index (χ1n) is 5.97. The first-order valence-corrected chi connectivity index (χ1v) is 5.97. The zero-order chi connectivity index (χ0) is 12.2. The Balaban J connectivity index is 2.16. The Bertz CT molecular complexity index is 150. The highest BCUT2D eigenvalue weighted by Crippen LogP contribution is 1.94. The molecular weight excluding hydrogens is 228 g/mol. The third kappa shape index (κ3) is 8.48. The van der Waals surface area contributed by atoms with Crippen LogP contribution >= 0.6 is 0 Å². The summed E-state index contributed by atoms with van der Waals surface area (Å²) in [5.41, 5.74) is 0. The van der Waals surface area contributed by atoms with Crippen molar-refractivity contribution in [1.29, 1.82) is 0 Å². The van der Waals surface area contributed by atoms with E-state index in [1.54, 1.807) is 0 Å². The molecule has 0 amide bonds. The Labute approximate surface area is 102 Å². The second-order valence-electron chi connectivity index (χ2n) is 3.59. The molecule has 6 nitrogen and oxygen atoms in total. The summed E-state index contributed by atoms with van der Waals surface area (Å²) in [6.07, 6.45) is -0.292. The van der Waals surface area contributed by atoms with Crippen LogP contribution in [0.3, 0.4) is 0 Å². The number of aliphatic hydroxyl groups is 1. The van der Waals surface area contributed by atoms with Crippen molar-refractivity contribution in [3.05, 3.63) is 0 Å². The summed E-state index contributed by atoms with van der Waals surface area (Å²) in [5, 5.41) is 9.04. The summed E-state index contributed by atoms with van der Waals surface area (Å²) in [5.74, 6) is 0. The van der Waals surface area contributed by atoms with Gasteiger partial charge in [0.2, 0.25) is 0 Å². The summed E-state index contributed by atoms with van der Waals surface area (Å²) in [6, 6.07) is 0. The minimum Gasteiger partial charge on any atom is -0.394 e. The van der Waals surface area contributed by atoms with Crippen molar-refractivity contribution in [1.82, 2.24) is 0 Å². The fourth-order valence-corrected chi connectivity index (χ4v) is 1.30. The van der Waals surface area contributed by atoms with Gasteiger partial charge in [0.25, 0.3) is 0 Å². The molecule has 1 N–H and O–H groups in total. The highest BCUT2D eigenvalue weighted by Gasteiger charge is 2.07. The Morgan fingerprint density at radius 2 is 1.18 bits per heavy atom. The summed E-state index contributed by atoms with van der Waals surface area (Å²) >= 11 is 0. The molecule has 17 heavy (non-hydrogen) atoms. The van der Waals surface area contributed by atoms with Crippen LogP contribution in [-0.4, -0.2) is 77.3 Å². The molecule has 0 radical (unpaired) electrons. The van der Waals surface area contributed by atoms with E-state index in [9.17, 15) is 0 Å². The van der Waals surface area contributed by atoms with E-state index in [2.05, 4.69) is 0 Å². The molecule has 0 spiro atoms. The van der Waals surface area contributed by atoms with E-state index in [4.69, 9.17) is 28.8 Å². The minimum atomic E-state index is -0.292. The quantitative estimate of drug-likeness (QED) is 0.673. The molecule has 0 aliphatic carbocycles. The van der Waals surface area contributed by atoms with Crippen molar-refractivity contribution in [2.24, 2.45) is 0 Å². The van der Waals surface area contributed by atoms with Crippen LogP contribution in [0.5, 0.6) is 0 Å². The van der Waals surface area contributed by atoms with E-state index in [1.165, 1.54) is 0 Å². The number of ether oxygens (including phenoxy) is 5. The van der Waals surface area contributed by atoms with Gasteiger partial charge in [0, 0.05) is 0 Å². The van der Waals surface area contributed by atoms with Crippen molar-refractivity contribution in [2.45, 2.75) is 6.10 Å². The van der Waals surface area contributed by atoms with Crippen molar-refractivity contribution < 1.29 is 28.8 Å². The van der Waals surface area contributed by atoms with Gasteiger partial charge < -0.3 is 28.8 Å². The van der Waals surface area contributed by atoms with Crippen molar-refractivity contribution >= 4 is 0 Å². The third-order valence-electron chi connectivity index (χ3n) is 2.20. The standard InChI is InChI=1S/C11H22O6/c12-9-11-10-16-6-5-14-2-1-13-3-4-15-7-8-17-11/h11-12H,1-10H2/t11-/m0/s1. The molecule has 1 heterocycles. The van der Waals surface area contributed by atoms with E-state index in [1.807, 2.05) is 0 Å². The van der Waals surface area contributed by atoms with Gasteiger partial charge in [0.15, 0.2) is 0 Å². The highest BCUT2D eigenvalue weighted by molar-refractivity contribution is 4.54. The van der Waals surface area contributed by atoms with Crippen LogP contribution in [0.25, 0.3) is 0 Å². The van der Waals surface area contributed by atoms with Crippen molar-refractivity contribution in [3.63, 3.8) is 0 Å². The molecule has 1 aliphatic rings. The van der Waals surface area contributed by atoms with E-state index in [0.717, 1.165) is 0 Å². The normalized spacial score (nSPS) is 27.0. The van der Waals surface area contributed by atoms with Gasteiger partial charge in [-0.2, -0.15) is 0 Å². The summed E-state index contributed by atoms with van der Waals surface area (Å²) in [7, 11) is 0. The molecule has 1 atom stereocenters. The average Bonchev–Trinajstić information content (AvgIpc) is 2.36. The van der Waals surface area contributed by atoms with E-state index >= 15 is 0 Å². The maximum Gasteiger partial charge on any atom is 0.104 e. The molecule has 1 rings (SSSR count). The first kappa shape index (κ1) is 14.8. The van der Waals surface area contributed by atoms with Gasteiger partial charge in [0.05, 0.1) is 66.1 Å². The summed E-state index contributed by atoms with van der Waals surface area (Å²) in [4.78, 5) is 0. The van der Waals surface area contributed by atoms with Crippen LogP contribution in [0.2, 0.25) is 0 Å². The topological polar surface area (TPSA) is 66.4 Å². The lowest BCUT2D eigenvalue weighted by molar-refractivity contribution is -0.0644. The lowest BCUT2D eigenvalue weighted by Gasteiger charge is -2.15. The molecule has 1 aliphatic heterocycles. The second-order valence-corrected chi connectivity index (χ2v) is 3.59. The molecule has 1 fully saturated rings. The Morgan fingerprint density at radius 1 is 0.706 bits per heavy atom. The third-order valence-corrected chi connectivity index (χ3v) is 2.20.